The quantitative estimate of drug-likeness (QED) is 0.404. The zero-order valence-electron chi connectivity index (χ0n) is 20.4. The van der Waals surface area contributed by atoms with Crippen molar-refractivity contribution >= 4 is 29.4 Å². The highest BCUT2D eigenvalue weighted by molar-refractivity contribution is 5.96. The number of nitrogens with zero attached hydrogens (tertiary/aromatic N) is 1. The number of carbonyl (C=O) groups excluding carboxylic acids is 4. The van der Waals surface area contributed by atoms with Gasteiger partial charge in [-0.05, 0) is 44.7 Å². The minimum absolute atomic E-state index is 0.138. The number of rotatable bonds is 9. The maximum Gasteiger partial charge on any atom is 0.319 e. The van der Waals surface area contributed by atoms with Crippen LogP contribution >= 0.6 is 0 Å². The normalized spacial score (nSPS) is 18.1. The van der Waals surface area contributed by atoms with Crippen molar-refractivity contribution in [2.24, 2.45) is 11.7 Å². The average molecular weight is 474 g/mol. The Morgan fingerprint density at radius 3 is 2.53 bits per heavy atom. The summed E-state index contributed by atoms with van der Waals surface area (Å²) in [6.45, 7) is 7.56. The lowest BCUT2D eigenvalue weighted by molar-refractivity contribution is -0.136. The number of methoxy groups -OCH3 is 1. The number of benzene rings is 1. The van der Waals surface area contributed by atoms with Gasteiger partial charge >= 0.3 is 6.03 Å². The molecule has 1 fully saturated rings. The number of ether oxygens (including phenoxy) is 1. The van der Waals surface area contributed by atoms with E-state index in [-0.39, 0.29) is 24.8 Å². The zero-order chi connectivity index (χ0) is 25.4. The van der Waals surface area contributed by atoms with Crippen molar-refractivity contribution in [3.63, 3.8) is 0 Å². The highest BCUT2D eigenvalue weighted by Gasteiger charge is 2.40. The molecule has 2 rings (SSSR count). The smallest absolute Gasteiger partial charge is 0.319 e. The molecule has 1 aromatic rings. The van der Waals surface area contributed by atoms with Crippen molar-refractivity contribution in [2.45, 2.75) is 58.7 Å². The van der Waals surface area contributed by atoms with Crippen LogP contribution in [0.4, 0.5) is 10.5 Å². The fourth-order valence-corrected chi connectivity index (χ4v) is 3.80. The molecule has 10 heteroatoms. The first-order chi connectivity index (χ1) is 16.0. The summed E-state index contributed by atoms with van der Waals surface area (Å²) in [4.78, 5) is 51.6. The summed E-state index contributed by atoms with van der Waals surface area (Å²) >= 11 is 0. The van der Waals surface area contributed by atoms with E-state index >= 15 is 0 Å². The van der Waals surface area contributed by atoms with Crippen LogP contribution in [0, 0.1) is 5.92 Å². The Morgan fingerprint density at radius 1 is 1.24 bits per heavy atom. The number of likely N-dealkylation sites (tertiary alicyclic amines) is 1. The number of carbonyl (C=O) groups is 4. The fraction of sp³-hybridized carbons (Fsp3) is 0.500. The highest BCUT2D eigenvalue weighted by Crippen LogP contribution is 2.21. The van der Waals surface area contributed by atoms with Gasteiger partial charge in [-0.25, -0.2) is 4.79 Å². The minimum atomic E-state index is -0.848. The molecule has 1 aliphatic heterocycles. The fourth-order valence-electron chi connectivity index (χ4n) is 3.80. The Labute approximate surface area is 200 Å². The summed E-state index contributed by atoms with van der Waals surface area (Å²) in [5, 5.41) is 8.23. The number of primary amides is 1. The van der Waals surface area contributed by atoms with Gasteiger partial charge in [-0.2, -0.15) is 0 Å². The van der Waals surface area contributed by atoms with E-state index in [2.05, 4.69) is 16.0 Å². The summed E-state index contributed by atoms with van der Waals surface area (Å²) in [6.07, 6.45) is 2.03. The Bertz CT molecular complexity index is 941. The number of nitrogens with one attached hydrogen (secondary N) is 3. The van der Waals surface area contributed by atoms with Crippen molar-refractivity contribution in [3.8, 4) is 5.75 Å². The predicted octanol–water partition coefficient (Wildman–Crippen LogP) is 1.77. The van der Waals surface area contributed by atoms with Crippen LogP contribution in [0.2, 0.25) is 0 Å². The Hall–Kier alpha value is -3.56. The second kappa shape index (κ2) is 12.1. The van der Waals surface area contributed by atoms with E-state index in [1.54, 1.807) is 38.1 Å². The maximum absolute atomic E-state index is 13.1. The molecule has 0 aliphatic carbocycles. The van der Waals surface area contributed by atoms with Crippen LogP contribution in [0.25, 0.3) is 0 Å². The molecule has 1 aliphatic rings. The summed E-state index contributed by atoms with van der Waals surface area (Å²) in [5.41, 5.74) is 6.79. The standard InChI is InChI=1S/C24H35N5O5/c1-14(2)9-19(22(25)31)28-23(32)20-12-17(13-29(20)21(30)10-15(3)4)27-24(33)26-16-7-6-8-18(11-16)34-5/h6-8,10-11,14,17,19-20H,9,12-13H2,1-5H3,(H2,25,31)(H,28,32)(H2,26,27,33)/t17-,19-,20-/m0/s1. The molecule has 0 unspecified atom stereocenters. The average Bonchev–Trinajstić information content (AvgIpc) is 3.16. The van der Waals surface area contributed by atoms with Gasteiger partial charge in [0, 0.05) is 24.4 Å². The van der Waals surface area contributed by atoms with E-state index in [9.17, 15) is 19.2 Å². The van der Waals surface area contributed by atoms with Crippen LogP contribution in [0.5, 0.6) is 5.75 Å². The van der Waals surface area contributed by atoms with E-state index in [1.807, 2.05) is 13.8 Å². The minimum Gasteiger partial charge on any atom is -0.497 e. The lowest BCUT2D eigenvalue weighted by atomic mass is 10.0. The van der Waals surface area contributed by atoms with Crippen LogP contribution in [0.15, 0.2) is 35.9 Å². The van der Waals surface area contributed by atoms with Gasteiger partial charge in [-0.1, -0.05) is 25.5 Å². The van der Waals surface area contributed by atoms with Gasteiger partial charge in [-0.15, -0.1) is 0 Å². The van der Waals surface area contributed by atoms with E-state index in [0.29, 0.717) is 17.9 Å². The molecule has 1 saturated heterocycles. The molecule has 0 saturated carbocycles. The van der Waals surface area contributed by atoms with Gasteiger partial charge in [0.25, 0.3) is 0 Å². The van der Waals surface area contributed by atoms with Gasteiger partial charge in [-0.3, -0.25) is 14.4 Å². The highest BCUT2D eigenvalue weighted by atomic mass is 16.5. The topological polar surface area (TPSA) is 143 Å². The Balaban J connectivity index is 2.13. The van der Waals surface area contributed by atoms with Crippen LogP contribution < -0.4 is 26.4 Å². The van der Waals surface area contributed by atoms with E-state index in [0.717, 1.165) is 5.57 Å². The van der Waals surface area contributed by atoms with E-state index in [4.69, 9.17) is 10.5 Å². The van der Waals surface area contributed by atoms with Crippen molar-refractivity contribution in [2.75, 3.05) is 19.0 Å². The second-order valence-corrected chi connectivity index (χ2v) is 9.08. The molecule has 5 N–H and O–H groups in total. The monoisotopic (exact) mass is 473 g/mol. The first-order valence-electron chi connectivity index (χ1n) is 11.3. The third kappa shape index (κ3) is 7.79. The van der Waals surface area contributed by atoms with Crippen molar-refractivity contribution in [3.05, 3.63) is 35.9 Å². The molecular weight excluding hydrogens is 438 g/mol. The van der Waals surface area contributed by atoms with Crippen LogP contribution in [0.1, 0.15) is 40.5 Å². The van der Waals surface area contributed by atoms with Crippen LogP contribution in [-0.2, 0) is 14.4 Å². The van der Waals surface area contributed by atoms with Crippen molar-refractivity contribution in [1.82, 2.24) is 15.5 Å². The van der Waals surface area contributed by atoms with Gasteiger partial charge < -0.3 is 31.3 Å². The number of anilines is 1. The molecule has 0 aromatic heterocycles. The van der Waals surface area contributed by atoms with Gasteiger partial charge in [0.15, 0.2) is 0 Å². The van der Waals surface area contributed by atoms with Crippen LogP contribution in [-0.4, -0.2) is 60.4 Å². The molecule has 186 valence electrons. The van der Waals surface area contributed by atoms with Gasteiger partial charge in [0.2, 0.25) is 17.7 Å². The van der Waals surface area contributed by atoms with Gasteiger partial charge in [0.1, 0.15) is 17.8 Å². The maximum atomic E-state index is 13.1. The summed E-state index contributed by atoms with van der Waals surface area (Å²) in [6, 6.07) is 4.28. The zero-order valence-corrected chi connectivity index (χ0v) is 20.4. The van der Waals surface area contributed by atoms with Gasteiger partial charge in [0.05, 0.1) is 13.2 Å². The number of amides is 5. The first kappa shape index (κ1) is 26.7. The van der Waals surface area contributed by atoms with E-state index in [1.165, 1.54) is 18.1 Å². The predicted molar refractivity (Wildman–Crippen MR) is 129 cm³/mol. The molecule has 1 heterocycles. The van der Waals surface area contributed by atoms with E-state index < -0.39 is 36.0 Å². The molecule has 0 spiro atoms. The molecule has 1 aromatic carbocycles. The third-order valence-corrected chi connectivity index (χ3v) is 5.33. The lowest BCUT2D eigenvalue weighted by Gasteiger charge is -2.25. The Kier molecular flexibility index (Phi) is 9.47. The number of nitrogens with two attached hydrogens (primary N) is 1. The first-order valence-corrected chi connectivity index (χ1v) is 11.3. The summed E-state index contributed by atoms with van der Waals surface area (Å²) < 4.78 is 5.16. The number of hydrogen-bond acceptors (Lipinski definition) is 5. The van der Waals surface area contributed by atoms with Crippen molar-refractivity contribution < 1.29 is 23.9 Å². The molecular formula is C24H35N5O5. The Morgan fingerprint density at radius 2 is 1.94 bits per heavy atom. The molecule has 5 amide bonds. The lowest BCUT2D eigenvalue weighted by Crippen LogP contribution is -2.52. The molecule has 34 heavy (non-hydrogen) atoms. The number of hydrogen-bond donors (Lipinski definition) is 4. The second-order valence-electron chi connectivity index (χ2n) is 9.08. The third-order valence-electron chi connectivity index (χ3n) is 5.33. The SMILES string of the molecule is COc1cccc(NC(=O)N[C@H]2C[C@@H](C(=O)N[C@@H](CC(C)C)C(N)=O)N(C(=O)C=C(C)C)C2)c1. The molecule has 10 nitrogen and oxygen atoms in total. The molecule has 3 atom stereocenters. The van der Waals surface area contributed by atoms with Crippen LogP contribution in [0.3, 0.4) is 0 Å². The number of urea groups is 1. The summed E-state index contributed by atoms with van der Waals surface area (Å²) in [7, 11) is 1.53. The molecule has 0 bridgehead atoms. The number of allylic oxidation sites excluding steroid dienone is 1. The largest absolute Gasteiger partial charge is 0.497 e. The van der Waals surface area contributed by atoms with Crippen molar-refractivity contribution in [1.29, 1.82) is 0 Å². The summed E-state index contributed by atoms with van der Waals surface area (Å²) in [5.74, 6) is -0.706. The molecule has 0 radical (unpaired) electrons.